The second-order valence-corrected chi connectivity index (χ2v) is 8.47. The second-order valence-electron chi connectivity index (χ2n) is 6.61. The van der Waals surface area contributed by atoms with Gasteiger partial charge in [-0.25, -0.2) is 0 Å². The topological polar surface area (TPSA) is 55.8 Å². The van der Waals surface area contributed by atoms with Gasteiger partial charge in [-0.05, 0) is 42.2 Å². The smallest absolute Gasteiger partial charge is 0.239 e. The van der Waals surface area contributed by atoms with Crippen LogP contribution in [0.2, 0.25) is 5.02 Å². The number of para-hydroxylation sites is 1. The number of hydrogen-bond acceptors (Lipinski definition) is 4. The standard InChI is InChI=1S/C20H20ClNO4S/c21-16-10-14(11-18-20(16)26-9-8-25-18)12-27(24)13-19(23)22-7-3-5-15-4-1-2-6-17(15)22/h1-2,4,6,10-11H,3,5,7-9,12-13H2. The molecule has 0 bridgehead atoms. The van der Waals surface area contributed by atoms with Crippen LogP contribution in [0.25, 0.3) is 0 Å². The van der Waals surface area contributed by atoms with Crippen LogP contribution in [-0.2, 0) is 27.8 Å². The summed E-state index contributed by atoms with van der Waals surface area (Å²) in [4.78, 5) is 14.5. The molecule has 0 aliphatic carbocycles. The van der Waals surface area contributed by atoms with Crippen LogP contribution in [0, 0.1) is 0 Å². The summed E-state index contributed by atoms with van der Waals surface area (Å²) in [6, 6.07) is 11.4. The molecule has 1 amide bonds. The predicted octanol–water partition coefficient (Wildman–Crippen LogP) is 3.34. The van der Waals surface area contributed by atoms with Gasteiger partial charge in [0.2, 0.25) is 5.91 Å². The van der Waals surface area contributed by atoms with Crippen molar-refractivity contribution < 1.29 is 18.5 Å². The summed E-state index contributed by atoms with van der Waals surface area (Å²) in [6.07, 6.45) is 1.89. The van der Waals surface area contributed by atoms with Crippen LogP contribution in [0.15, 0.2) is 36.4 Å². The van der Waals surface area contributed by atoms with Gasteiger partial charge in [0.25, 0.3) is 0 Å². The van der Waals surface area contributed by atoms with Crippen molar-refractivity contribution in [3.8, 4) is 11.5 Å². The molecule has 0 aromatic heterocycles. The van der Waals surface area contributed by atoms with E-state index in [0.29, 0.717) is 36.3 Å². The van der Waals surface area contributed by atoms with E-state index in [1.807, 2.05) is 24.3 Å². The average Bonchev–Trinajstić information content (AvgIpc) is 2.67. The van der Waals surface area contributed by atoms with Gasteiger partial charge in [-0.1, -0.05) is 29.8 Å². The van der Waals surface area contributed by atoms with Gasteiger partial charge in [0.1, 0.15) is 19.0 Å². The largest absolute Gasteiger partial charge is 0.486 e. The maximum Gasteiger partial charge on any atom is 0.239 e. The van der Waals surface area contributed by atoms with Crippen LogP contribution >= 0.6 is 11.6 Å². The fourth-order valence-corrected chi connectivity index (χ4v) is 4.85. The van der Waals surface area contributed by atoms with Crippen LogP contribution in [0.5, 0.6) is 11.5 Å². The number of halogens is 1. The molecule has 2 aromatic rings. The van der Waals surface area contributed by atoms with E-state index in [4.69, 9.17) is 21.1 Å². The highest BCUT2D eigenvalue weighted by atomic mass is 35.5. The molecule has 27 heavy (non-hydrogen) atoms. The van der Waals surface area contributed by atoms with Crippen molar-refractivity contribution in [2.45, 2.75) is 18.6 Å². The molecular formula is C20H20ClNO4S. The molecule has 0 N–H and O–H groups in total. The first-order chi connectivity index (χ1) is 13.1. The summed E-state index contributed by atoms with van der Waals surface area (Å²) in [5.41, 5.74) is 2.88. The van der Waals surface area contributed by atoms with Gasteiger partial charge in [0.05, 0.1) is 5.02 Å². The predicted molar refractivity (Wildman–Crippen MR) is 106 cm³/mol. The van der Waals surface area contributed by atoms with Crippen molar-refractivity contribution in [2.24, 2.45) is 0 Å². The van der Waals surface area contributed by atoms with Crippen LogP contribution in [0.1, 0.15) is 17.5 Å². The van der Waals surface area contributed by atoms with E-state index in [1.54, 1.807) is 17.0 Å². The molecule has 0 saturated heterocycles. The van der Waals surface area contributed by atoms with Crippen molar-refractivity contribution in [3.63, 3.8) is 0 Å². The summed E-state index contributed by atoms with van der Waals surface area (Å²) in [6.45, 7) is 1.59. The number of carbonyl (C=O) groups excluding carboxylic acids is 1. The first-order valence-corrected chi connectivity index (χ1v) is 10.8. The van der Waals surface area contributed by atoms with E-state index in [1.165, 1.54) is 5.56 Å². The maximum atomic E-state index is 12.7. The molecule has 2 aromatic carbocycles. The molecule has 7 heteroatoms. The fourth-order valence-electron chi connectivity index (χ4n) is 3.49. The van der Waals surface area contributed by atoms with E-state index in [9.17, 15) is 9.00 Å². The van der Waals surface area contributed by atoms with Gasteiger partial charge in [-0.3, -0.25) is 9.00 Å². The lowest BCUT2D eigenvalue weighted by Crippen LogP contribution is -2.38. The SMILES string of the molecule is O=C(CS(=O)Cc1cc(Cl)c2c(c1)OCCO2)N1CCCc2ccccc21. The van der Waals surface area contributed by atoms with Crippen molar-refractivity contribution >= 4 is 34.0 Å². The molecule has 0 radical (unpaired) electrons. The summed E-state index contributed by atoms with van der Waals surface area (Å²) in [7, 11) is -1.33. The highest BCUT2D eigenvalue weighted by Gasteiger charge is 2.24. The first-order valence-electron chi connectivity index (χ1n) is 8.93. The van der Waals surface area contributed by atoms with Crippen LogP contribution in [0.4, 0.5) is 5.69 Å². The molecule has 2 aliphatic heterocycles. The number of rotatable bonds is 4. The van der Waals surface area contributed by atoms with Crippen LogP contribution in [0.3, 0.4) is 0 Å². The number of carbonyl (C=O) groups is 1. The number of anilines is 1. The normalized spacial score (nSPS) is 16.6. The van der Waals surface area contributed by atoms with Crippen molar-refractivity contribution in [1.82, 2.24) is 0 Å². The van der Waals surface area contributed by atoms with Gasteiger partial charge in [-0.2, -0.15) is 0 Å². The lowest BCUT2D eigenvalue weighted by atomic mass is 10.0. The van der Waals surface area contributed by atoms with Gasteiger partial charge >= 0.3 is 0 Å². The van der Waals surface area contributed by atoms with E-state index < -0.39 is 10.8 Å². The lowest BCUT2D eigenvalue weighted by Gasteiger charge is -2.29. The summed E-state index contributed by atoms with van der Waals surface area (Å²) in [5.74, 6) is 1.22. The number of nitrogens with zero attached hydrogens (tertiary/aromatic N) is 1. The number of ether oxygens (including phenoxy) is 2. The third kappa shape index (κ3) is 3.96. The number of fused-ring (bicyclic) bond motifs is 2. The van der Waals surface area contributed by atoms with E-state index in [-0.39, 0.29) is 17.4 Å². The van der Waals surface area contributed by atoms with E-state index >= 15 is 0 Å². The fraction of sp³-hybridized carbons (Fsp3) is 0.350. The van der Waals surface area contributed by atoms with Gasteiger partial charge < -0.3 is 14.4 Å². The Labute approximate surface area is 165 Å². The summed E-state index contributed by atoms with van der Waals surface area (Å²) >= 11 is 6.24. The lowest BCUT2D eigenvalue weighted by molar-refractivity contribution is -0.116. The quantitative estimate of drug-likeness (QED) is 0.782. The molecule has 2 heterocycles. The zero-order valence-electron chi connectivity index (χ0n) is 14.8. The summed E-state index contributed by atoms with van der Waals surface area (Å²) < 4.78 is 23.7. The zero-order valence-corrected chi connectivity index (χ0v) is 16.4. The minimum absolute atomic E-state index is 0.0135. The van der Waals surface area contributed by atoms with Gasteiger partial charge in [0.15, 0.2) is 11.5 Å². The molecule has 0 saturated carbocycles. The Balaban J connectivity index is 1.44. The third-order valence-corrected chi connectivity index (χ3v) is 6.19. The Hall–Kier alpha value is -2.05. The molecule has 0 spiro atoms. The zero-order chi connectivity index (χ0) is 18.8. The van der Waals surface area contributed by atoms with E-state index in [2.05, 4.69) is 0 Å². The first kappa shape index (κ1) is 18.3. The Morgan fingerprint density at radius 1 is 1.19 bits per heavy atom. The number of amides is 1. The highest BCUT2D eigenvalue weighted by molar-refractivity contribution is 7.84. The Bertz CT molecular complexity index is 902. The number of aryl methyl sites for hydroxylation is 1. The highest BCUT2D eigenvalue weighted by Crippen LogP contribution is 2.38. The molecule has 2 aliphatic rings. The maximum absolute atomic E-state index is 12.7. The summed E-state index contributed by atoms with van der Waals surface area (Å²) in [5, 5.41) is 0.440. The van der Waals surface area contributed by atoms with E-state index in [0.717, 1.165) is 24.1 Å². The Morgan fingerprint density at radius 3 is 2.89 bits per heavy atom. The minimum Gasteiger partial charge on any atom is -0.486 e. The third-order valence-electron chi connectivity index (χ3n) is 4.68. The van der Waals surface area contributed by atoms with Crippen molar-refractivity contribution in [2.75, 3.05) is 30.4 Å². The number of benzene rings is 2. The average molecular weight is 406 g/mol. The molecule has 1 atom stereocenters. The molecular weight excluding hydrogens is 386 g/mol. The monoisotopic (exact) mass is 405 g/mol. The Morgan fingerprint density at radius 2 is 2.00 bits per heavy atom. The Kier molecular flexibility index (Phi) is 5.36. The molecule has 5 nitrogen and oxygen atoms in total. The van der Waals surface area contributed by atoms with Crippen molar-refractivity contribution in [3.05, 3.63) is 52.5 Å². The van der Waals surface area contributed by atoms with Gasteiger partial charge in [-0.15, -0.1) is 0 Å². The minimum atomic E-state index is -1.33. The molecule has 4 rings (SSSR count). The number of hydrogen-bond donors (Lipinski definition) is 0. The molecule has 142 valence electrons. The van der Waals surface area contributed by atoms with Crippen molar-refractivity contribution in [1.29, 1.82) is 0 Å². The molecule has 0 fully saturated rings. The second kappa shape index (κ2) is 7.90. The van der Waals surface area contributed by atoms with Crippen LogP contribution < -0.4 is 14.4 Å². The van der Waals surface area contributed by atoms with Gasteiger partial charge in [0, 0.05) is 28.8 Å². The van der Waals surface area contributed by atoms with Crippen LogP contribution in [-0.4, -0.2) is 35.6 Å². The molecule has 1 unspecified atom stereocenters.